The van der Waals surface area contributed by atoms with Gasteiger partial charge in [0.1, 0.15) is 5.82 Å². The fourth-order valence-corrected chi connectivity index (χ4v) is 3.46. The summed E-state index contributed by atoms with van der Waals surface area (Å²) in [6, 6.07) is 12.4. The molecule has 0 aliphatic rings. The van der Waals surface area contributed by atoms with Crippen molar-refractivity contribution in [2.24, 2.45) is 0 Å². The Morgan fingerprint density at radius 1 is 1.13 bits per heavy atom. The Bertz CT molecular complexity index is 804. The van der Waals surface area contributed by atoms with Crippen molar-refractivity contribution < 1.29 is 17.6 Å². The summed E-state index contributed by atoms with van der Waals surface area (Å²) >= 11 is 1.15. The van der Waals surface area contributed by atoms with E-state index >= 15 is 0 Å². The minimum Gasteiger partial charge on any atom is -0.293 e. The van der Waals surface area contributed by atoms with E-state index in [0.717, 1.165) is 18.0 Å². The van der Waals surface area contributed by atoms with Crippen LogP contribution in [0.3, 0.4) is 0 Å². The van der Waals surface area contributed by atoms with Gasteiger partial charge in [0.15, 0.2) is 5.78 Å². The Kier molecular flexibility index (Phi) is 5.43. The van der Waals surface area contributed by atoms with Gasteiger partial charge in [-0.15, -0.1) is 11.8 Å². The average Bonchev–Trinajstić information content (AvgIpc) is 2.48. The van der Waals surface area contributed by atoms with Gasteiger partial charge in [-0.3, -0.25) is 9.52 Å². The second kappa shape index (κ2) is 7.14. The first-order chi connectivity index (χ1) is 10.8. The van der Waals surface area contributed by atoms with Gasteiger partial charge in [0.2, 0.25) is 10.0 Å². The third-order valence-electron chi connectivity index (χ3n) is 2.98. The lowest BCUT2D eigenvalue weighted by Crippen LogP contribution is -2.14. The fraction of sp³-hybridized carbons (Fsp3) is 0.188. The third kappa shape index (κ3) is 5.07. The standard InChI is InChI=1S/C16H16FNO3S2/c1-11(22-15-6-4-3-5-14(15)17)16(19)12-7-9-13(10-8-12)18-23(2,20)21/h3-11,18H,1-2H3/t11-/m0/s1. The van der Waals surface area contributed by atoms with Crippen molar-refractivity contribution in [1.29, 1.82) is 0 Å². The van der Waals surface area contributed by atoms with Gasteiger partial charge in [-0.25, -0.2) is 12.8 Å². The van der Waals surface area contributed by atoms with E-state index < -0.39 is 15.3 Å². The number of Topliss-reactive ketones (excluding diaryl/α,β-unsaturated/α-hetero) is 1. The summed E-state index contributed by atoms with van der Waals surface area (Å²) in [6.45, 7) is 1.71. The van der Waals surface area contributed by atoms with Crippen molar-refractivity contribution >= 4 is 33.3 Å². The lowest BCUT2D eigenvalue weighted by molar-refractivity contribution is 0.0994. The van der Waals surface area contributed by atoms with Crippen LogP contribution in [0.1, 0.15) is 17.3 Å². The first-order valence-electron chi connectivity index (χ1n) is 6.79. The Balaban J connectivity index is 2.09. The van der Waals surface area contributed by atoms with Crippen LogP contribution in [-0.2, 0) is 10.0 Å². The highest BCUT2D eigenvalue weighted by atomic mass is 32.2. The second-order valence-electron chi connectivity index (χ2n) is 5.01. The normalized spacial score (nSPS) is 12.7. The SMILES string of the molecule is C[C@H](Sc1ccccc1F)C(=O)c1ccc(NS(C)(=O)=O)cc1. The summed E-state index contributed by atoms with van der Waals surface area (Å²) in [4.78, 5) is 12.8. The van der Waals surface area contributed by atoms with Crippen LogP contribution in [0, 0.1) is 5.82 Å². The molecule has 1 atom stereocenters. The quantitative estimate of drug-likeness (QED) is 0.637. The van der Waals surface area contributed by atoms with Gasteiger partial charge < -0.3 is 0 Å². The molecule has 0 amide bonds. The molecule has 0 spiro atoms. The molecule has 122 valence electrons. The van der Waals surface area contributed by atoms with Crippen molar-refractivity contribution in [3.05, 3.63) is 59.9 Å². The summed E-state index contributed by atoms with van der Waals surface area (Å²) in [6.07, 6.45) is 1.05. The molecular weight excluding hydrogens is 337 g/mol. The number of carbonyl (C=O) groups is 1. The van der Waals surface area contributed by atoms with E-state index in [0.29, 0.717) is 16.1 Å². The van der Waals surface area contributed by atoms with Gasteiger partial charge in [-0.2, -0.15) is 0 Å². The topological polar surface area (TPSA) is 63.2 Å². The predicted molar refractivity (Wildman–Crippen MR) is 91.0 cm³/mol. The van der Waals surface area contributed by atoms with E-state index in [1.54, 1.807) is 37.3 Å². The highest BCUT2D eigenvalue weighted by Crippen LogP contribution is 2.28. The molecule has 23 heavy (non-hydrogen) atoms. The van der Waals surface area contributed by atoms with E-state index in [2.05, 4.69) is 4.72 Å². The molecule has 1 N–H and O–H groups in total. The van der Waals surface area contributed by atoms with Gasteiger partial charge in [0.05, 0.1) is 11.5 Å². The summed E-state index contributed by atoms with van der Waals surface area (Å²) in [5, 5.41) is -0.458. The first kappa shape index (κ1) is 17.5. The number of sulfonamides is 1. The van der Waals surface area contributed by atoms with Crippen LogP contribution >= 0.6 is 11.8 Å². The number of halogens is 1. The zero-order chi connectivity index (χ0) is 17.0. The number of anilines is 1. The summed E-state index contributed by atoms with van der Waals surface area (Å²) in [5.74, 6) is -0.506. The highest BCUT2D eigenvalue weighted by Gasteiger charge is 2.18. The van der Waals surface area contributed by atoms with Gasteiger partial charge in [0, 0.05) is 16.1 Å². The molecule has 0 fully saturated rings. The van der Waals surface area contributed by atoms with Crippen LogP contribution in [-0.4, -0.2) is 25.7 Å². The number of ketones is 1. The molecule has 2 rings (SSSR count). The van der Waals surface area contributed by atoms with E-state index in [1.807, 2.05) is 0 Å². The Morgan fingerprint density at radius 3 is 2.30 bits per heavy atom. The van der Waals surface area contributed by atoms with Crippen molar-refractivity contribution in [2.45, 2.75) is 17.1 Å². The number of thioether (sulfide) groups is 1. The number of hydrogen-bond donors (Lipinski definition) is 1. The lowest BCUT2D eigenvalue weighted by atomic mass is 10.1. The molecular formula is C16H16FNO3S2. The smallest absolute Gasteiger partial charge is 0.229 e. The largest absolute Gasteiger partial charge is 0.293 e. The molecule has 0 saturated carbocycles. The molecule has 0 unspecified atom stereocenters. The molecule has 0 aliphatic carbocycles. The zero-order valence-electron chi connectivity index (χ0n) is 12.6. The molecule has 0 aliphatic heterocycles. The highest BCUT2D eigenvalue weighted by molar-refractivity contribution is 8.00. The molecule has 2 aromatic carbocycles. The van der Waals surface area contributed by atoms with Crippen molar-refractivity contribution in [1.82, 2.24) is 0 Å². The fourth-order valence-electron chi connectivity index (χ4n) is 1.94. The van der Waals surface area contributed by atoms with E-state index in [9.17, 15) is 17.6 Å². The van der Waals surface area contributed by atoms with Crippen LogP contribution in [0.25, 0.3) is 0 Å². The van der Waals surface area contributed by atoms with E-state index in [1.165, 1.54) is 18.2 Å². The molecule has 7 heteroatoms. The van der Waals surface area contributed by atoms with Gasteiger partial charge in [0.25, 0.3) is 0 Å². The third-order valence-corrected chi connectivity index (χ3v) is 4.74. The number of nitrogens with one attached hydrogen (secondary N) is 1. The number of benzene rings is 2. The minimum atomic E-state index is -3.35. The second-order valence-corrected chi connectivity index (χ2v) is 8.14. The minimum absolute atomic E-state index is 0.149. The lowest BCUT2D eigenvalue weighted by Gasteiger charge is -2.11. The Hall–Kier alpha value is -1.86. The van der Waals surface area contributed by atoms with Gasteiger partial charge >= 0.3 is 0 Å². The number of carbonyl (C=O) groups excluding carboxylic acids is 1. The van der Waals surface area contributed by atoms with Gasteiger partial charge in [-0.05, 0) is 43.3 Å². The summed E-state index contributed by atoms with van der Waals surface area (Å²) in [7, 11) is -3.35. The molecule has 2 aromatic rings. The summed E-state index contributed by atoms with van der Waals surface area (Å²) in [5.41, 5.74) is 0.832. The maximum Gasteiger partial charge on any atom is 0.229 e. The van der Waals surface area contributed by atoms with Crippen LogP contribution in [0.5, 0.6) is 0 Å². The van der Waals surface area contributed by atoms with Crippen LogP contribution in [0.4, 0.5) is 10.1 Å². The van der Waals surface area contributed by atoms with E-state index in [-0.39, 0.29) is 11.6 Å². The predicted octanol–water partition coefficient (Wildman–Crippen LogP) is 3.56. The van der Waals surface area contributed by atoms with Crippen molar-refractivity contribution in [3.8, 4) is 0 Å². The summed E-state index contributed by atoms with van der Waals surface area (Å²) < 4.78 is 38.3. The number of rotatable bonds is 6. The Morgan fingerprint density at radius 2 is 1.74 bits per heavy atom. The van der Waals surface area contributed by atoms with E-state index in [4.69, 9.17) is 0 Å². The zero-order valence-corrected chi connectivity index (χ0v) is 14.2. The first-order valence-corrected chi connectivity index (χ1v) is 9.56. The molecule has 0 bridgehead atoms. The van der Waals surface area contributed by atoms with Crippen LogP contribution in [0.15, 0.2) is 53.4 Å². The van der Waals surface area contributed by atoms with Crippen molar-refractivity contribution in [2.75, 3.05) is 11.0 Å². The van der Waals surface area contributed by atoms with Crippen LogP contribution < -0.4 is 4.72 Å². The monoisotopic (exact) mass is 353 g/mol. The Labute approximate surface area is 139 Å². The van der Waals surface area contributed by atoms with Gasteiger partial charge in [-0.1, -0.05) is 12.1 Å². The average molecular weight is 353 g/mol. The molecule has 0 heterocycles. The molecule has 4 nitrogen and oxygen atoms in total. The van der Waals surface area contributed by atoms with Crippen LogP contribution in [0.2, 0.25) is 0 Å². The molecule has 0 aromatic heterocycles. The maximum atomic E-state index is 13.6. The maximum absolute atomic E-state index is 13.6. The molecule has 0 saturated heterocycles. The number of hydrogen-bond acceptors (Lipinski definition) is 4. The van der Waals surface area contributed by atoms with Crippen molar-refractivity contribution in [3.63, 3.8) is 0 Å². The molecule has 0 radical (unpaired) electrons.